The van der Waals surface area contributed by atoms with Crippen molar-refractivity contribution in [1.29, 1.82) is 0 Å². The fourth-order valence-corrected chi connectivity index (χ4v) is 14.9. The lowest BCUT2D eigenvalue weighted by Gasteiger charge is -2.35. The van der Waals surface area contributed by atoms with Crippen LogP contribution in [0.3, 0.4) is 0 Å². The number of unbranched alkanes of at least 4 members (excludes halogenated alkanes) is 5. The van der Waals surface area contributed by atoms with Gasteiger partial charge in [-0.2, -0.15) is 0 Å². The Kier molecular flexibility index (Phi) is 24.9. The quantitative estimate of drug-likeness (QED) is 0.0747. The van der Waals surface area contributed by atoms with E-state index in [0.29, 0.717) is 57.0 Å². The number of likely N-dealkylation sites (N-methyl/N-ethyl adjacent to an activating group) is 2. The molecule has 0 spiro atoms. The van der Waals surface area contributed by atoms with Crippen LogP contribution in [0.4, 0.5) is 9.59 Å². The number of rotatable bonds is 26. The number of carbonyl (C=O) groups excluding carboxylic acids is 8. The minimum atomic E-state index is -0.906. The maximum absolute atomic E-state index is 14.7. The number of amides is 7. The predicted molar refractivity (Wildman–Crippen MR) is 336 cm³/mol. The number of hydrogen-bond donors (Lipinski definition) is 3. The normalized spacial score (nSPS) is 23.3. The number of nitrogens with one attached hydrogen (secondary N) is 3. The van der Waals surface area contributed by atoms with Gasteiger partial charge in [0.05, 0.1) is 36.0 Å². The molecule has 21 heteroatoms. The van der Waals surface area contributed by atoms with Crippen LogP contribution >= 0.6 is 23.5 Å². The van der Waals surface area contributed by atoms with Crippen LogP contribution in [-0.4, -0.2) is 177 Å². The predicted octanol–water partition coefficient (Wildman–Crippen LogP) is 9.62. The largest absolute Gasteiger partial charge is 0.444 e. The summed E-state index contributed by atoms with van der Waals surface area (Å²) in [6.07, 6.45) is 6.63. The number of fused-ring (bicyclic) bond motifs is 2. The number of nitrogens with zero attached hydrogens (tertiary/aromatic N) is 4. The fraction of sp³-hybridized carbons (Fsp3) is 0.692. The van der Waals surface area contributed by atoms with Gasteiger partial charge in [0.1, 0.15) is 41.4 Å². The van der Waals surface area contributed by atoms with Gasteiger partial charge in [-0.15, -0.1) is 23.5 Å². The highest BCUT2D eigenvalue weighted by molar-refractivity contribution is 8.00. The molecule has 3 N–H and O–H groups in total. The van der Waals surface area contributed by atoms with E-state index in [1.165, 1.54) is 23.9 Å². The Morgan fingerprint density at radius 1 is 0.605 bits per heavy atom. The van der Waals surface area contributed by atoms with Crippen LogP contribution in [0, 0.1) is 10.8 Å². The van der Waals surface area contributed by atoms with Crippen LogP contribution in [0.15, 0.2) is 60.7 Å². The van der Waals surface area contributed by atoms with Crippen molar-refractivity contribution in [2.75, 3.05) is 52.0 Å². The van der Waals surface area contributed by atoms with Crippen molar-refractivity contribution in [2.45, 2.75) is 224 Å². The maximum atomic E-state index is 14.7. The zero-order chi connectivity index (χ0) is 63.3. The number of thioether (sulfide) groups is 2. The number of benzene rings is 2. The Morgan fingerprint density at radius 3 is 1.47 bits per heavy atom. The highest BCUT2D eigenvalue weighted by atomic mass is 32.2. The Morgan fingerprint density at radius 2 is 1.01 bits per heavy atom. The summed E-state index contributed by atoms with van der Waals surface area (Å²) >= 11 is 3.26. The van der Waals surface area contributed by atoms with E-state index in [9.17, 15) is 38.4 Å². The molecule has 4 aliphatic rings. The van der Waals surface area contributed by atoms with Crippen molar-refractivity contribution < 1.29 is 57.3 Å². The Balaban J connectivity index is 0.950. The van der Waals surface area contributed by atoms with E-state index in [2.05, 4.69) is 16.0 Å². The molecule has 4 aliphatic heterocycles. The maximum Gasteiger partial charge on any atom is 0.410 e. The van der Waals surface area contributed by atoms with E-state index < -0.39 is 88.3 Å². The number of Topliss-reactive ketones (excluding diaryl/α,β-unsaturated/α-hetero) is 1. The molecule has 478 valence electrons. The Labute approximate surface area is 519 Å². The molecule has 0 saturated carbocycles. The van der Waals surface area contributed by atoms with E-state index in [1.807, 2.05) is 88.4 Å². The van der Waals surface area contributed by atoms with Crippen molar-refractivity contribution in [3.8, 4) is 0 Å². The summed E-state index contributed by atoms with van der Waals surface area (Å²) in [7, 11) is 2.99. The zero-order valence-electron chi connectivity index (χ0n) is 53.6. The highest BCUT2D eigenvalue weighted by Crippen LogP contribution is 2.48. The van der Waals surface area contributed by atoms with Crippen molar-refractivity contribution in [1.82, 2.24) is 35.6 Å². The lowest BCUT2D eigenvalue weighted by Crippen LogP contribution is -2.58. The fourth-order valence-electron chi connectivity index (χ4n) is 11.8. The standard InChI is InChI=1S/C65H99N7O12S2/c1-42(69(13)60(79)83-62(3,4)5)55(74)66-47-31-35-85-51-38-64(9,10)53(71(51)58(47)77)50(73)37-46(44-27-21-19-22-28-44)40-81-33-25-17-15-16-18-26-34-82-41-49(45-29-23-20-24-30-45)68-57(76)54-65(11,12)39-52-72(54)59(78)48(32-36-86-52)67-56(75)43(2)70(14)61(80)84-63(6,7)8/h19-24,27-30,42-43,46-49,51-54H,15-18,25-26,31-41H2,1-14H3,(H,66,74)(H,67,75)(H,68,76)/t42-,43-,46+,47-,48-,49+,51-,52-,53+,54?/m0/s1. The minimum Gasteiger partial charge on any atom is -0.444 e. The van der Waals surface area contributed by atoms with Gasteiger partial charge in [0.15, 0.2) is 5.78 Å². The van der Waals surface area contributed by atoms with Crippen LogP contribution < -0.4 is 16.0 Å². The van der Waals surface area contributed by atoms with Gasteiger partial charge in [0.25, 0.3) is 0 Å². The highest BCUT2D eigenvalue weighted by Gasteiger charge is 2.56. The first-order chi connectivity index (χ1) is 40.4. The van der Waals surface area contributed by atoms with E-state index in [4.69, 9.17) is 18.9 Å². The van der Waals surface area contributed by atoms with Crippen molar-refractivity contribution in [2.24, 2.45) is 10.8 Å². The molecule has 0 aliphatic carbocycles. The van der Waals surface area contributed by atoms with E-state index in [1.54, 1.807) is 88.7 Å². The lowest BCUT2D eigenvalue weighted by atomic mass is 9.79. The van der Waals surface area contributed by atoms with Gasteiger partial charge in [0, 0.05) is 39.6 Å². The summed E-state index contributed by atoms with van der Waals surface area (Å²) in [6.45, 7) is 23.5. The molecule has 0 radical (unpaired) electrons. The van der Waals surface area contributed by atoms with Crippen LogP contribution in [-0.2, 0) is 47.7 Å². The van der Waals surface area contributed by atoms with Gasteiger partial charge in [-0.25, -0.2) is 9.59 Å². The van der Waals surface area contributed by atoms with E-state index in [0.717, 1.165) is 49.7 Å². The summed E-state index contributed by atoms with van der Waals surface area (Å²) in [5.74, 6) is -0.864. The van der Waals surface area contributed by atoms with Gasteiger partial charge < -0.3 is 44.7 Å². The van der Waals surface area contributed by atoms with E-state index >= 15 is 0 Å². The molecular weight excluding hydrogens is 1130 g/mol. The van der Waals surface area contributed by atoms with Crippen LogP contribution in [0.25, 0.3) is 0 Å². The Hall–Kier alpha value is -5.38. The molecule has 7 amide bonds. The molecule has 4 saturated heterocycles. The third-order valence-corrected chi connectivity index (χ3v) is 19.2. The first kappa shape index (κ1) is 69.7. The molecular formula is C65H99N7O12S2. The summed E-state index contributed by atoms with van der Waals surface area (Å²) in [6, 6.07) is 14.1. The molecule has 19 nitrogen and oxygen atoms in total. The van der Waals surface area contributed by atoms with E-state index in [-0.39, 0.29) is 53.2 Å². The van der Waals surface area contributed by atoms with Crippen molar-refractivity contribution >= 4 is 71.0 Å². The molecule has 1 unspecified atom stereocenters. The number of ether oxygens (including phenoxy) is 4. The second-order valence-electron chi connectivity index (χ2n) is 27.1. The van der Waals surface area contributed by atoms with Crippen LogP contribution in [0.5, 0.6) is 0 Å². The molecule has 6 rings (SSSR count). The van der Waals surface area contributed by atoms with Crippen molar-refractivity contribution in [3.05, 3.63) is 71.8 Å². The number of ketones is 1. The van der Waals surface area contributed by atoms with Gasteiger partial charge in [-0.1, -0.05) is 114 Å². The van der Waals surface area contributed by atoms with Gasteiger partial charge in [-0.3, -0.25) is 38.6 Å². The molecule has 2 aromatic carbocycles. The average molecular weight is 1230 g/mol. The number of hydrogen-bond acceptors (Lipinski definition) is 14. The molecule has 4 heterocycles. The Bertz CT molecular complexity index is 2460. The van der Waals surface area contributed by atoms with Crippen LogP contribution in [0.1, 0.15) is 177 Å². The topological polar surface area (TPSA) is 223 Å². The SMILES string of the molecule is C[C@@H](C(=O)N[C@H]1CCS[C@H]2CC(C)(C)C(C(=O)N[C@H](COCCCCCCCCOC[C@@H](CC(=O)[C@H]3N4C(=O)[C@@H](NC(=O)[C@H](C)N(C)C(=O)OC(C)(C)C)CCS[C@H]4CC3(C)C)c3ccccc3)c3ccccc3)N2C1=O)N(C)C(=O)OC(C)(C)C. The van der Waals surface area contributed by atoms with Crippen molar-refractivity contribution in [3.63, 3.8) is 0 Å². The van der Waals surface area contributed by atoms with Gasteiger partial charge in [-0.05, 0) is 127 Å². The molecule has 10 atom stereocenters. The summed E-state index contributed by atoms with van der Waals surface area (Å²) in [4.78, 5) is 117. The molecule has 0 bridgehead atoms. The monoisotopic (exact) mass is 1230 g/mol. The second kappa shape index (κ2) is 30.7. The van der Waals surface area contributed by atoms with Gasteiger partial charge >= 0.3 is 12.2 Å². The third-order valence-electron chi connectivity index (χ3n) is 16.7. The molecule has 4 fully saturated rings. The average Bonchev–Trinajstić information content (AvgIpc) is 1.63. The lowest BCUT2D eigenvalue weighted by molar-refractivity contribution is -0.144. The second-order valence-corrected chi connectivity index (χ2v) is 29.7. The summed E-state index contributed by atoms with van der Waals surface area (Å²) in [5.41, 5.74) is -0.679. The minimum absolute atomic E-state index is 0.0351. The number of carbonyl (C=O) groups is 8. The third kappa shape index (κ3) is 19.1. The first-order valence-corrected chi connectivity index (χ1v) is 33.0. The summed E-state index contributed by atoms with van der Waals surface area (Å²) < 4.78 is 23.5. The molecule has 0 aromatic heterocycles. The smallest absolute Gasteiger partial charge is 0.410 e. The first-order valence-electron chi connectivity index (χ1n) is 30.9. The summed E-state index contributed by atoms with van der Waals surface area (Å²) in [5, 5.41) is 8.61. The molecule has 86 heavy (non-hydrogen) atoms. The van der Waals surface area contributed by atoms with Gasteiger partial charge in [0.2, 0.25) is 29.5 Å². The zero-order valence-corrected chi connectivity index (χ0v) is 55.2. The molecule has 2 aromatic rings. The van der Waals surface area contributed by atoms with Crippen LogP contribution in [0.2, 0.25) is 0 Å².